The molecule has 0 unspecified atom stereocenters. The number of ketones is 1. The zero-order chi connectivity index (χ0) is 20.8. The first-order valence-corrected chi connectivity index (χ1v) is 10.5. The molecule has 0 radical (unpaired) electrons. The number of carbonyl (C=O) groups excluding carboxylic acids is 2. The molecule has 1 fully saturated rings. The molecule has 1 amide bonds. The lowest BCUT2D eigenvalue weighted by atomic mass is 9.97. The number of piperidine rings is 1. The van der Waals surface area contributed by atoms with Crippen molar-refractivity contribution in [2.24, 2.45) is 0 Å². The van der Waals surface area contributed by atoms with Crippen LogP contribution in [0.15, 0.2) is 84.9 Å². The predicted molar refractivity (Wildman–Crippen MR) is 119 cm³/mol. The van der Waals surface area contributed by atoms with Gasteiger partial charge in [-0.25, -0.2) is 0 Å². The lowest BCUT2D eigenvalue weighted by Crippen LogP contribution is -2.44. The molecule has 0 saturated carbocycles. The predicted octanol–water partition coefficient (Wildman–Crippen LogP) is 4.31. The summed E-state index contributed by atoms with van der Waals surface area (Å²) in [5.41, 5.74) is 2.79. The Labute approximate surface area is 177 Å². The van der Waals surface area contributed by atoms with Crippen molar-refractivity contribution in [3.8, 4) is 0 Å². The number of hydrogen-bond donors (Lipinski definition) is 1. The van der Waals surface area contributed by atoms with Crippen molar-refractivity contribution >= 4 is 11.7 Å². The monoisotopic (exact) mass is 398 g/mol. The van der Waals surface area contributed by atoms with Gasteiger partial charge in [-0.05, 0) is 24.5 Å². The van der Waals surface area contributed by atoms with E-state index in [0.717, 1.165) is 32.5 Å². The van der Waals surface area contributed by atoms with Gasteiger partial charge in [0.1, 0.15) is 0 Å². The molecular weight excluding hydrogens is 372 g/mol. The molecule has 0 spiro atoms. The molecule has 4 nitrogen and oxygen atoms in total. The Morgan fingerprint density at radius 1 is 0.767 bits per heavy atom. The summed E-state index contributed by atoms with van der Waals surface area (Å²) in [5.74, 6) is -0.296. The number of carbonyl (C=O) groups is 2. The molecule has 0 aromatic heterocycles. The van der Waals surface area contributed by atoms with E-state index < -0.39 is 0 Å². The lowest BCUT2D eigenvalue weighted by molar-refractivity contribution is 0.0901. The normalized spacial score (nSPS) is 14.9. The standard InChI is InChI=1S/C26H26N2O2/c29-25(21-11-5-2-6-12-21)23-13-7-8-14-24(23)26(30)27-22-15-17-28(18-16-22)19-20-9-3-1-4-10-20/h1-14,22H,15-19H2,(H,27,30). The number of amides is 1. The zero-order valence-electron chi connectivity index (χ0n) is 17.0. The number of benzene rings is 3. The number of likely N-dealkylation sites (tertiary alicyclic amines) is 1. The summed E-state index contributed by atoms with van der Waals surface area (Å²) in [6.07, 6.45) is 1.82. The quantitative estimate of drug-likeness (QED) is 0.630. The SMILES string of the molecule is O=C(NC1CCN(Cc2ccccc2)CC1)c1ccccc1C(=O)c1ccccc1. The molecule has 152 valence electrons. The average Bonchev–Trinajstić information content (AvgIpc) is 2.81. The molecule has 4 rings (SSSR count). The summed E-state index contributed by atoms with van der Waals surface area (Å²) in [6.45, 7) is 2.84. The van der Waals surface area contributed by atoms with Gasteiger partial charge in [0.25, 0.3) is 5.91 Å². The lowest BCUT2D eigenvalue weighted by Gasteiger charge is -2.32. The Kier molecular flexibility index (Phi) is 6.35. The third-order valence-corrected chi connectivity index (χ3v) is 5.62. The van der Waals surface area contributed by atoms with Crippen LogP contribution in [0.4, 0.5) is 0 Å². The summed E-state index contributed by atoms with van der Waals surface area (Å²) < 4.78 is 0. The highest BCUT2D eigenvalue weighted by Gasteiger charge is 2.23. The molecule has 4 heteroatoms. The highest BCUT2D eigenvalue weighted by Crippen LogP contribution is 2.17. The first kappa shape index (κ1) is 20.0. The smallest absolute Gasteiger partial charge is 0.252 e. The topological polar surface area (TPSA) is 49.4 Å². The highest BCUT2D eigenvalue weighted by atomic mass is 16.2. The summed E-state index contributed by atoms with van der Waals surface area (Å²) in [4.78, 5) is 28.3. The Hall–Kier alpha value is -3.24. The first-order valence-electron chi connectivity index (χ1n) is 10.5. The van der Waals surface area contributed by atoms with E-state index in [4.69, 9.17) is 0 Å². The van der Waals surface area contributed by atoms with Crippen molar-refractivity contribution in [1.82, 2.24) is 10.2 Å². The van der Waals surface area contributed by atoms with E-state index in [1.165, 1.54) is 5.56 Å². The van der Waals surface area contributed by atoms with Crippen LogP contribution >= 0.6 is 0 Å². The summed E-state index contributed by atoms with van der Waals surface area (Å²) in [6, 6.07) is 26.7. The number of nitrogens with one attached hydrogen (secondary N) is 1. The van der Waals surface area contributed by atoms with Gasteiger partial charge in [-0.3, -0.25) is 14.5 Å². The second-order valence-corrected chi connectivity index (χ2v) is 7.75. The van der Waals surface area contributed by atoms with Gasteiger partial charge in [0.2, 0.25) is 0 Å². The van der Waals surface area contributed by atoms with Crippen molar-refractivity contribution in [3.05, 3.63) is 107 Å². The second-order valence-electron chi connectivity index (χ2n) is 7.75. The molecule has 1 heterocycles. The first-order chi connectivity index (χ1) is 14.7. The van der Waals surface area contributed by atoms with Gasteiger partial charge in [-0.1, -0.05) is 78.9 Å². The third kappa shape index (κ3) is 4.84. The Morgan fingerprint density at radius 2 is 1.33 bits per heavy atom. The maximum absolute atomic E-state index is 13.0. The van der Waals surface area contributed by atoms with Crippen molar-refractivity contribution in [2.45, 2.75) is 25.4 Å². The summed E-state index contributed by atoms with van der Waals surface area (Å²) in [5, 5.41) is 3.15. The molecule has 30 heavy (non-hydrogen) atoms. The number of rotatable bonds is 6. The van der Waals surface area contributed by atoms with Crippen molar-refractivity contribution < 1.29 is 9.59 Å². The van der Waals surface area contributed by atoms with E-state index in [1.54, 1.807) is 36.4 Å². The van der Waals surface area contributed by atoms with Gasteiger partial charge in [-0.2, -0.15) is 0 Å². The molecular formula is C26H26N2O2. The van der Waals surface area contributed by atoms with E-state index in [9.17, 15) is 9.59 Å². The van der Waals surface area contributed by atoms with Crippen molar-refractivity contribution in [1.29, 1.82) is 0 Å². The van der Waals surface area contributed by atoms with Gasteiger partial charge >= 0.3 is 0 Å². The van der Waals surface area contributed by atoms with Crippen LogP contribution in [0, 0.1) is 0 Å². The van der Waals surface area contributed by atoms with Crippen LogP contribution in [0.5, 0.6) is 0 Å². The fourth-order valence-electron chi connectivity index (χ4n) is 3.96. The maximum atomic E-state index is 13.0. The minimum absolute atomic E-state index is 0.126. The summed E-state index contributed by atoms with van der Waals surface area (Å²) >= 11 is 0. The van der Waals surface area contributed by atoms with Crippen LogP contribution in [0.3, 0.4) is 0 Å². The van der Waals surface area contributed by atoms with Crippen LogP contribution in [0.2, 0.25) is 0 Å². The molecule has 0 bridgehead atoms. The third-order valence-electron chi connectivity index (χ3n) is 5.62. The zero-order valence-corrected chi connectivity index (χ0v) is 17.0. The fraction of sp³-hybridized carbons (Fsp3) is 0.231. The number of nitrogens with zero attached hydrogens (tertiary/aromatic N) is 1. The van der Waals surface area contributed by atoms with Crippen LogP contribution in [0.1, 0.15) is 44.7 Å². The van der Waals surface area contributed by atoms with Gasteiger partial charge in [0.15, 0.2) is 5.78 Å². The molecule has 3 aromatic rings. The average molecular weight is 399 g/mol. The molecule has 1 aliphatic heterocycles. The molecule has 1 saturated heterocycles. The molecule has 0 atom stereocenters. The minimum atomic E-state index is -0.170. The highest BCUT2D eigenvalue weighted by molar-refractivity contribution is 6.15. The van der Waals surface area contributed by atoms with Crippen molar-refractivity contribution in [2.75, 3.05) is 13.1 Å². The molecule has 1 aliphatic rings. The van der Waals surface area contributed by atoms with E-state index in [1.807, 2.05) is 24.3 Å². The van der Waals surface area contributed by atoms with E-state index in [-0.39, 0.29) is 17.7 Å². The Morgan fingerprint density at radius 3 is 2.00 bits per heavy atom. The van der Waals surface area contributed by atoms with Crippen LogP contribution in [-0.4, -0.2) is 35.7 Å². The van der Waals surface area contributed by atoms with Gasteiger partial charge in [-0.15, -0.1) is 0 Å². The van der Waals surface area contributed by atoms with E-state index in [2.05, 4.69) is 34.5 Å². The maximum Gasteiger partial charge on any atom is 0.252 e. The Bertz CT molecular complexity index is 994. The number of hydrogen-bond acceptors (Lipinski definition) is 3. The van der Waals surface area contributed by atoms with Crippen LogP contribution in [0.25, 0.3) is 0 Å². The van der Waals surface area contributed by atoms with Crippen LogP contribution < -0.4 is 5.32 Å². The molecule has 1 N–H and O–H groups in total. The summed E-state index contributed by atoms with van der Waals surface area (Å²) in [7, 11) is 0. The van der Waals surface area contributed by atoms with Gasteiger partial charge in [0, 0.05) is 36.8 Å². The van der Waals surface area contributed by atoms with E-state index in [0.29, 0.717) is 16.7 Å². The van der Waals surface area contributed by atoms with Crippen molar-refractivity contribution in [3.63, 3.8) is 0 Å². The minimum Gasteiger partial charge on any atom is -0.349 e. The van der Waals surface area contributed by atoms with Crippen LogP contribution in [-0.2, 0) is 6.54 Å². The van der Waals surface area contributed by atoms with E-state index >= 15 is 0 Å². The molecule has 3 aromatic carbocycles. The van der Waals surface area contributed by atoms with Gasteiger partial charge in [0.05, 0.1) is 5.56 Å². The Balaban J connectivity index is 1.38. The second kappa shape index (κ2) is 9.51. The largest absolute Gasteiger partial charge is 0.349 e. The van der Waals surface area contributed by atoms with Gasteiger partial charge < -0.3 is 5.32 Å². The fourth-order valence-corrected chi connectivity index (χ4v) is 3.96. The molecule has 0 aliphatic carbocycles.